The van der Waals surface area contributed by atoms with E-state index in [1.54, 1.807) is 21.0 Å². The molecule has 176 valence electrons. The molecule has 3 aliphatic rings. The van der Waals surface area contributed by atoms with Crippen LogP contribution < -0.4 is 10.1 Å². The predicted octanol–water partition coefficient (Wildman–Crippen LogP) is 4.47. The fraction of sp³-hybridized carbons (Fsp3) is 0.667. The standard InChI is InChI=1S/C24H32F2N2O4/c1-15(2)28(14-29)22(30)27-21-20-10-19(32-13-17-12-24(17,25)26)5-4-16(20)11-23(21)8-6-18(31-3)7-9-23/h4-5,10,14-15,17-18,21H,6-9,11-13H2,1-3H3,(H,27,30). The summed E-state index contributed by atoms with van der Waals surface area (Å²) in [7, 11) is 1.73. The molecule has 3 aliphatic carbocycles. The summed E-state index contributed by atoms with van der Waals surface area (Å²) in [5.41, 5.74) is 1.90. The van der Waals surface area contributed by atoms with Crippen LogP contribution in [0, 0.1) is 11.3 Å². The highest BCUT2D eigenvalue weighted by atomic mass is 19.3. The average molecular weight is 451 g/mol. The highest BCUT2D eigenvalue weighted by molar-refractivity contribution is 5.85. The molecule has 0 heterocycles. The van der Waals surface area contributed by atoms with E-state index in [4.69, 9.17) is 9.47 Å². The van der Waals surface area contributed by atoms with Gasteiger partial charge in [-0.3, -0.25) is 9.69 Å². The van der Waals surface area contributed by atoms with Crippen molar-refractivity contribution < 1.29 is 27.8 Å². The maximum absolute atomic E-state index is 13.2. The van der Waals surface area contributed by atoms with Gasteiger partial charge in [0.2, 0.25) is 6.41 Å². The third-order valence-electron chi connectivity index (χ3n) is 7.42. The van der Waals surface area contributed by atoms with Crippen molar-refractivity contribution in [3.8, 4) is 5.75 Å². The van der Waals surface area contributed by atoms with Crippen molar-refractivity contribution in [2.24, 2.45) is 11.3 Å². The SMILES string of the molecule is COC1CCC2(CC1)Cc1ccc(OCC3CC3(F)F)cc1C2NC(=O)N(C=O)C(C)C. The number of alkyl halides is 2. The van der Waals surface area contributed by atoms with Crippen molar-refractivity contribution in [1.82, 2.24) is 10.2 Å². The van der Waals surface area contributed by atoms with Crippen molar-refractivity contribution in [3.05, 3.63) is 29.3 Å². The molecule has 0 bridgehead atoms. The first-order valence-electron chi connectivity index (χ1n) is 11.4. The van der Waals surface area contributed by atoms with Crippen molar-refractivity contribution >= 4 is 12.4 Å². The van der Waals surface area contributed by atoms with Gasteiger partial charge < -0.3 is 14.8 Å². The lowest BCUT2D eigenvalue weighted by atomic mass is 9.68. The van der Waals surface area contributed by atoms with Gasteiger partial charge in [-0.05, 0) is 74.6 Å². The molecule has 2 fully saturated rings. The third-order valence-corrected chi connectivity index (χ3v) is 7.42. The summed E-state index contributed by atoms with van der Waals surface area (Å²) < 4.78 is 37.7. The van der Waals surface area contributed by atoms with Crippen LogP contribution in [0.4, 0.5) is 13.6 Å². The lowest BCUT2D eigenvalue weighted by molar-refractivity contribution is -0.116. The maximum atomic E-state index is 13.2. The Balaban J connectivity index is 1.58. The molecule has 1 aromatic carbocycles. The Bertz CT molecular complexity index is 868. The number of hydrogen-bond donors (Lipinski definition) is 1. The molecule has 8 heteroatoms. The van der Waals surface area contributed by atoms with Crippen LogP contribution in [0.25, 0.3) is 0 Å². The zero-order valence-corrected chi connectivity index (χ0v) is 18.9. The van der Waals surface area contributed by atoms with Crippen LogP contribution in [0.5, 0.6) is 5.75 Å². The fourth-order valence-corrected chi connectivity index (χ4v) is 5.25. The van der Waals surface area contributed by atoms with E-state index in [2.05, 4.69) is 5.32 Å². The monoisotopic (exact) mass is 450 g/mol. The first-order valence-corrected chi connectivity index (χ1v) is 11.4. The number of carbonyl (C=O) groups is 2. The summed E-state index contributed by atoms with van der Waals surface area (Å²) >= 11 is 0. The molecule has 32 heavy (non-hydrogen) atoms. The van der Waals surface area contributed by atoms with E-state index in [1.807, 2.05) is 18.2 Å². The van der Waals surface area contributed by atoms with E-state index in [-0.39, 0.29) is 36.6 Å². The molecule has 2 saturated carbocycles. The number of fused-ring (bicyclic) bond motifs is 1. The zero-order valence-electron chi connectivity index (χ0n) is 18.9. The van der Waals surface area contributed by atoms with Gasteiger partial charge in [-0.15, -0.1) is 0 Å². The number of amides is 3. The van der Waals surface area contributed by atoms with Crippen LogP contribution in [-0.2, 0) is 16.0 Å². The average Bonchev–Trinajstić information content (AvgIpc) is 3.27. The number of methoxy groups -OCH3 is 1. The van der Waals surface area contributed by atoms with Crippen LogP contribution in [0.1, 0.15) is 63.1 Å². The Hall–Kier alpha value is -2.22. The van der Waals surface area contributed by atoms with Crippen LogP contribution in [0.2, 0.25) is 0 Å². The molecule has 3 amide bonds. The number of benzene rings is 1. The summed E-state index contributed by atoms with van der Waals surface area (Å²) in [5, 5.41) is 3.12. The van der Waals surface area contributed by atoms with Crippen molar-refractivity contribution in [2.75, 3.05) is 13.7 Å². The molecule has 2 unspecified atom stereocenters. The molecule has 2 atom stereocenters. The van der Waals surface area contributed by atoms with E-state index >= 15 is 0 Å². The van der Waals surface area contributed by atoms with Gasteiger partial charge in [0.15, 0.2) is 0 Å². The minimum absolute atomic E-state index is 0.0181. The number of ether oxygens (including phenoxy) is 2. The first kappa shape index (κ1) is 23.0. The molecule has 1 aromatic rings. The van der Waals surface area contributed by atoms with Gasteiger partial charge in [-0.2, -0.15) is 0 Å². The Morgan fingerprint density at radius 3 is 2.56 bits per heavy atom. The number of rotatable bonds is 7. The third kappa shape index (κ3) is 4.34. The van der Waals surface area contributed by atoms with Gasteiger partial charge in [0, 0.05) is 19.6 Å². The van der Waals surface area contributed by atoms with E-state index in [0.29, 0.717) is 12.2 Å². The molecule has 6 nitrogen and oxygen atoms in total. The van der Waals surface area contributed by atoms with Gasteiger partial charge in [0.25, 0.3) is 5.92 Å². The number of carbonyl (C=O) groups excluding carboxylic acids is 2. The Labute approximate surface area is 187 Å². The molecule has 0 aromatic heterocycles. The van der Waals surface area contributed by atoms with Crippen molar-refractivity contribution in [3.63, 3.8) is 0 Å². The molecular formula is C24H32F2N2O4. The molecule has 1 N–H and O–H groups in total. The highest BCUT2D eigenvalue weighted by Crippen LogP contribution is 2.55. The lowest BCUT2D eigenvalue weighted by Gasteiger charge is -2.42. The maximum Gasteiger partial charge on any atom is 0.324 e. The molecule has 0 saturated heterocycles. The Kier molecular flexibility index (Phi) is 6.18. The summed E-state index contributed by atoms with van der Waals surface area (Å²) in [6.45, 7) is 3.56. The molecule has 0 aliphatic heterocycles. The van der Waals surface area contributed by atoms with Gasteiger partial charge in [-0.25, -0.2) is 13.6 Å². The zero-order chi connectivity index (χ0) is 23.1. The van der Waals surface area contributed by atoms with Crippen molar-refractivity contribution in [1.29, 1.82) is 0 Å². The number of imide groups is 1. The summed E-state index contributed by atoms with van der Waals surface area (Å²) in [6.07, 6.45) is 5.03. The van der Waals surface area contributed by atoms with Gasteiger partial charge in [0.1, 0.15) is 5.75 Å². The van der Waals surface area contributed by atoms with Crippen LogP contribution in [0.15, 0.2) is 18.2 Å². The molecular weight excluding hydrogens is 418 g/mol. The summed E-state index contributed by atoms with van der Waals surface area (Å²) in [5.74, 6) is -2.81. The van der Waals surface area contributed by atoms with E-state index < -0.39 is 17.9 Å². The molecule has 1 spiro atoms. The summed E-state index contributed by atoms with van der Waals surface area (Å²) in [4.78, 5) is 25.6. The van der Waals surface area contributed by atoms with Crippen LogP contribution in [0.3, 0.4) is 0 Å². The topological polar surface area (TPSA) is 67.9 Å². The largest absolute Gasteiger partial charge is 0.493 e. The first-order chi connectivity index (χ1) is 15.2. The van der Waals surface area contributed by atoms with Gasteiger partial charge in [-0.1, -0.05) is 6.07 Å². The van der Waals surface area contributed by atoms with Gasteiger partial charge >= 0.3 is 6.03 Å². The number of halogens is 2. The Morgan fingerprint density at radius 2 is 2.00 bits per heavy atom. The van der Waals surface area contributed by atoms with Crippen LogP contribution in [-0.4, -0.2) is 49.1 Å². The minimum Gasteiger partial charge on any atom is -0.493 e. The number of hydrogen-bond acceptors (Lipinski definition) is 4. The number of urea groups is 1. The smallest absolute Gasteiger partial charge is 0.324 e. The Morgan fingerprint density at radius 1 is 1.31 bits per heavy atom. The quantitative estimate of drug-likeness (QED) is 0.623. The minimum atomic E-state index is -2.62. The normalized spacial score (nSPS) is 30.1. The number of nitrogens with one attached hydrogen (secondary N) is 1. The van der Waals surface area contributed by atoms with Crippen molar-refractivity contribution in [2.45, 2.75) is 76.5 Å². The second-order valence-corrected chi connectivity index (χ2v) is 9.80. The summed E-state index contributed by atoms with van der Waals surface area (Å²) in [6, 6.07) is 4.71. The second kappa shape index (κ2) is 8.61. The van der Waals surface area contributed by atoms with E-state index in [1.165, 1.54) is 0 Å². The lowest BCUT2D eigenvalue weighted by Crippen LogP contribution is -2.48. The predicted molar refractivity (Wildman–Crippen MR) is 115 cm³/mol. The van der Waals surface area contributed by atoms with E-state index in [0.717, 1.165) is 48.1 Å². The molecule has 4 rings (SSSR count). The fourth-order valence-electron chi connectivity index (χ4n) is 5.25. The number of nitrogens with zero attached hydrogens (tertiary/aromatic N) is 1. The molecule has 0 radical (unpaired) electrons. The van der Waals surface area contributed by atoms with Gasteiger partial charge in [0.05, 0.1) is 24.7 Å². The second-order valence-electron chi connectivity index (χ2n) is 9.80. The van der Waals surface area contributed by atoms with Crippen LogP contribution >= 0.6 is 0 Å². The van der Waals surface area contributed by atoms with E-state index in [9.17, 15) is 18.4 Å². The highest BCUT2D eigenvalue weighted by Gasteiger charge is 2.57.